The van der Waals surface area contributed by atoms with E-state index in [1.807, 2.05) is 0 Å². The first kappa shape index (κ1) is 12.2. The minimum Gasteiger partial charge on any atom is -0.398 e. The van der Waals surface area contributed by atoms with Crippen LogP contribution in [0.5, 0.6) is 0 Å². The van der Waals surface area contributed by atoms with E-state index in [-0.39, 0.29) is 10.6 Å². The molecule has 0 saturated carbocycles. The molecule has 0 bridgehead atoms. The van der Waals surface area contributed by atoms with E-state index >= 15 is 0 Å². The quantitative estimate of drug-likeness (QED) is 0.458. The summed E-state index contributed by atoms with van der Waals surface area (Å²) in [6.45, 7) is 0. The highest BCUT2D eigenvalue weighted by molar-refractivity contribution is 8.13. The minimum absolute atomic E-state index is 0.339. The second-order valence-electron chi connectivity index (χ2n) is 2.61. The maximum absolute atomic E-state index is 10.8. The molecule has 0 aliphatic rings. The van der Waals surface area contributed by atoms with Crippen molar-refractivity contribution < 1.29 is 21.4 Å². The van der Waals surface area contributed by atoms with Gasteiger partial charge in [-0.15, -0.1) is 0 Å². The molecule has 0 unspecified atom stereocenters. The largest absolute Gasteiger partial charge is 0.398 e. The van der Waals surface area contributed by atoms with Crippen LogP contribution in [0.15, 0.2) is 28.0 Å². The third-order valence-corrected chi connectivity index (χ3v) is 3.82. The molecule has 0 radical (unpaired) electrons. The first-order valence-electron chi connectivity index (χ1n) is 3.44. The van der Waals surface area contributed by atoms with Gasteiger partial charge in [0.25, 0.3) is 19.2 Å². The van der Waals surface area contributed by atoms with E-state index in [1.165, 1.54) is 0 Å². The van der Waals surface area contributed by atoms with Crippen molar-refractivity contribution in [3.05, 3.63) is 18.2 Å². The second kappa shape index (κ2) is 3.63. The van der Waals surface area contributed by atoms with Crippen molar-refractivity contribution in [1.29, 1.82) is 0 Å². The van der Waals surface area contributed by atoms with E-state index < -0.39 is 24.1 Å². The number of halogens is 1. The lowest BCUT2D eigenvalue weighted by atomic mass is 10.3. The minimum atomic E-state index is -4.46. The van der Waals surface area contributed by atoms with Crippen molar-refractivity contribution in [1.82, 2.24) is 0 Å². The van der Waals surface area contributed by atoms with Gasteiger partial charge in [-0.2, -0.15) is 8.42 Å². The standard InChI is InChI=1S/C6H6ClNO5S2/c7-14(9,10)4-1-2-6(5(8)3-4)15(11,12)13/h1-3H,8H2,(H,11,12,13). The Morgan fingerprint density at radius 3 is 2.07 bits per heavy atom. The second-order valence-corrected chi connectivity index (χ2v) is 6.57. The molecule has 1 aromatic rings. The van der Waals surface area contributed by atoms with Crippen molar-refractivity contribution in [3.8, 4) is 0 Å². The van der Waals surface area contributed by atoms with E-state index in [0.29, 0.717) is 0 Å². The van der Waals surface area contributed by atoms with Gasteiger partial charge in [-0.1, -0.05) is 0 Å². The average Bonchev–Trinajstić information content (AvgIpc) is 1.99. The highest BCUT2D eigenvalue weighted by atomic mass is 35.7. The van der Waals surface area contributed by atoms with Gasteiger partial charge in [0.1, 0.15) is 4.90 Å². The van der Waals surface area contributed by atoms with Crippen molar-refractivity contribution in [3.63, 3.8) is 0 Å². The van der Waals surface area contributed by atoms with Gasteiger partial charge >= 0.3 is 0 Å². The van der Waals surface area contributed by atoms with Crippen molar-refractivity contribution >= 4 is 35.5 Å². The maximum Gasteiger partial charge on any atom is 0.296 e. The summed E-state index contributed by atoms with van der Waals surface area (Å²) in [5.74, 6) is 0. The van der Waals surface area contributed by atoms with E-state index in [0.717, 1.165) is 18.2 Å². The number of anilines is 1. The van der Waals surface area contributed by atoms with Gasteiger partial charge in [0.15, 0.2) is 0 Å². The molecule has 1 aromatic carbocycles. The molecule has 0 heterocycles. The molecule has 15 heavy (non-hydrogen) atoms. The van der Waals surface area contributed by atoms with E-state index in [1.54, 1.807) is 0 Å². The fourth-order valence-electron chi connectivity index (χ4n) is 0.913. The Labute approximate surface area is 90.8 Å². The zero-order chi connectivity index (χ0) is 11.9. The van der Waals surface area contributed by atoms with Gasteiger partial charge in [-0.3, -0.25) is 4.55 Å². The molecule has 0 aromatic heterocycles. The molecule has 0 fully saturated rings. The lowest BCUT2D eigenvalue weighted by Gasteiger charge is -2.03. The smallest absolute Gasteiger partial charge is 0.296 e. The van der Waals surface area contributed by atoms with Crippen molar-refractivity contribution in [2.24, 2.45) is 0 Å². The van der Waals surface area contributed by atoms with Crippen LogP contribution in [0, 0.1) is 0 Å². The van der Waals surface area contributed by atoms with E-state index in [4.69, 9.17) is 21.0 Å². The Kier molecular flexibility index (Phi) is 2.97. The van der Waals surface area contributed by atoms with Gasteiger partial charge in [0, 0.05) is 10.7 Å². The lowest BCUT2D eigenvalue weighted by molar-refractivity contribution is 0.483. The third-order valence-electron chi connectivity index (χ3n) is 1.54. The van der Waals surface area contributed by atoms with Gasteiger partial charge < -0.3 is 5.73 Å². The SMILES string of the molecule is Nc1cc(S(=O)(=O)Cl)ccc1S(=O)(=O)O. The highest BCUT2D eigenvalue weighted by Gasteiger charge is 2.17. The summed E-state index contributed by atoms with van der Waals surface area (Å²) in [5.41, 5.74) is 4.85. The normalized spacial score (nSPS) is 12.7. The number of nitrogens with two attached hydrogens (primary N) is 1. The predicted octanol–water partition coefficient (Wildman–Crippen LogP) is 0.443. The summed E-state index contributed by atoms with van der Waals surface area (Å²) in [6, 6.07) is 2.65. The van der Waals surface area contributed by atoms with E-state index in [2.05, 4.69) is 0 Å². The average molecular weight is 272 g/mol. The van der Waals surface area contributed by atoms with Gasteiger partial charge in [-0.25, -0.2) is 8.42 Å². The summed E-state index contributed by atoms with van der Waals surface area (Å²) in [5, 5.41) is 0. The first-order valence-corrected chi connectivity index (χ1v) is 7.19. The number of nitrogen functional groups attached to an aromatic ring is 1. The van der Waals surface area contributed by atoms with Crippen LogP contribution in [0.4, 0.5) is 5.69 Å². The molecule has 6 nitrogen and oxygen atoms in total. The molecular weight excluding hydrogens is 266 g/mol. The number of hydrogen-bond acceptors (Lipinski definition) is 5. The summed E-state index contributed by atoms with van der Waals surface area (Å²) < 4.78 is 51.8. The number of hydrogen-bond donors (Lipinski definition) is 2. The first-order chi connectivity index (χ1) is 6.62. The molecule has 0 aliphatic carbocycles. The van der Waals surface area contributed by atoms with Crippen LogP contribution in [0.3, 0.4) is 0 Å². The van der Waals surface area contributed by atoms with Gasteiger partial charge in [-0.05, 0) is 18.2 Å². The van der Waals surface area contributed by atoms with Crippen molar-refractivity contribution in [2.75, 3.05) is 5.73 Å². The van der Waals surface area contributed by atoms with Crippen LogP contribution in [0.1, 0.15) is 0 Å². The fraction of sp³-hybridized carbons (Fsp3) is 0. The molecule has 84 valence electrons. The Morgan fingerprint density at radius 2 is 1.73 bits per heavy atom. The molecule has 0 saturated heterocycles. The topological polar surface area (TPSA) is 115 Å². The lowest BCUT2D eigenvalue weighted by Crippen LogP contribution is -2.04. The van der Waals surface area contributed by atoms with Crippen LogP contribution >= 0.6 is 10.7 Å². The summed E-state index contributed by atoms with van der Waals surface area (Å²) >= 11 is 0. The zero-order valence-corrected chi connectivity index (χ0v) is 9.47. The molecule has 0 amide bonds. The molecule has 0 aliphatic heterocycles. The van der Waals surface area contributed by atoms with Crippen LogP contribution in [-0.2, 0) is 19.2 Å². The Bertz CT molecular complexity index is 592. The van der Waals surface area contributed by atoms with E-state index in [9.17, 15) is 16.8 Å². The van der Waals surface area contributed by atoms with Crippen LogP contribution in [0.2, 0.25) is 0 Å². The number of benzene rings is 1. The Balaban J connectivity index is 3.47. The van der Waals surface area contributed by atoms with Crippen LogP contribution in [-0.4, -0.2) is 21.4 Å². The van der Waals surface area contributed by atoms with Crippen LogP contribution in [0.25, 0.3) is 0 Å². The van der Waals surface area contributed by atoms with Crippen LogP contribution < -0.4 is 5.73 Å². The van der Waals surface area contributed by atoms with Gasteiger partial charge in [0.2, 0.25) is 0 Å². The Hall–Kier alpha value is -0.830. The molecule has 3 N–H and O–H groups in total. The molecule has 0 spiro atoms. The molecule has 9 heteroatoms. The van der Waals surface area contributed by atoms with Gasteiger partial charge in [0.05, 0.1) is 10.6 Å². The summed E-state index contributed by atoms with van der Waals surface area (Å²) in [4.78, 5) is -0.902. The summed E-state index contributed by atoms with van der Waals surface area (Å²) in [7, 11) is -3.43. The molecular formula is C6H6ClNO5S2. The number of rotatable bonds is 2. The molecule has 1 rings (SSSR count). The third kappa shape index (κ3) is 2.81. The Morgan fingerprint density at radius 1 is 1.20 bits per heavy atom. The highest BCUT2D eigenvalue weighted by Crippen LogP contribution is 2.23. The zero-order valence-electron chi connectivity index (χ0n) is 7.08. The molecule has 0 atom stereocenters. The maximum atomic E-state index is 10.8. The van der Waals surface area contributed by atoms with Crippen molar-refractivity contribution in [2.45, 2.75) is 9.79 Å². The summed E-state index contributed by atoms with van der Waals surface area (Å²) in [6.07, 6.45) is 0. The predicted molar refractivity (Wildman–Crippen MR) is 53.7 cm³/mol. The monoisotopic (exact) mass is 271 g/mol. The fourth-order valence-corrected chi connectivity index (χ4v) is 2.30.